The van der Waals surface area contributed by atoms with Gasteiger partial charge in [0.25, 0.3) is 0 Å². The predicted octanol–water partition coefficient (Wildman–Crippen LogP) is 15.8. The molecule has 12 aromatic rings. The maximum atomic E-state index is 2.47. The van der Waals surface area contributed by atoms with E-state index in [1.54, 1.807) is 0 Å². The van der Waals surface area contributed by atoms with Gasteiger partial charge in [-0.15, -0.1) is 0 Å². The number of benzene rings is 12. The summed E-state index contributed by atoms with van der Waals surface area (Å²) in [5, 5.41) is 18.1. The Morgan fingerprint density at radius 3 is 1.45 bits per heavy atom. The minimum absolute atomic E-state index is 1.22. The van der Waals surface area contributed by atoms with Gasteiger partial charge in [-0.2, -0.15) is 0 Å². The average molecular weight is 705 g/mol. The Balaban J connectivity index is 1.18. The van der Waals surface area contributed by atoms with Crippen molar-refractivity contribution in [3.63, 3.8) is 0 Å². The molecule has 0 saturated heterocycles. The molecule has 0 atom stereocenters. The minimum atomic E-state index is 1.22. The third-order valence-electron chi connectivity index (χ3n) is 12.7. The number of hydrogen-bond donors (Lipinski definition) is 0. The molecule has 56 heavy (non-hydrogen) atoms. The zero-order valence-corrected chi connectivity index (χ0v) is 30.5. The van der Waals surface area contributed by atoms with Crippen molar-refractivity contribution in [2.24, 2.45) is 0 Å². The van der Waals surface area contributed by atoms with Crippen molar-refractivity contribution in [3.05, 3.63) is 194 Å². The zero-order chi connectivity index (χ0) is 36.5. The van der Waals surface area contributed by atoms with E-state index in [1.165, 1.54) is 131 Å². The average Bonchev–Trinajstić information content (AvgIpc) is 3.59. The summed E-state index contributed by atoms with van der Waals surface area (Å²) in [5.41, 5.74) is 12.9. The second-order valence-electron chi connectivity index (χ2n) is 15.5. The van der Waals surface area contributed by atoms with Gasteiger partial charge in [0.2, 0.25) is 0 Å². The Hall–Kier alpha value is -7.28. The summed E-state index contributed by atoms with van der Waals surface area (Å²) in [4.78, 5) is 0. The highest BCUT2D eigenvalue weighted by Crippen LogP contribution is 2.53. The molecule has 1 aliphatic carbocycles. The first-order valence-electron chi connectivity index (χ1n) is 19.6. The summed E-state index contributed by atoms with van der Waals surface area (Å²) in [7, 11) is 0. The van der Waals surface area contributed by atoms with Gasteiger partial charge >= 0.3 is 0 Å². The fourth-order valence-corrected chi connectivity index (χ4v) is 10.3. The van der Waals surface area contributed by atoms with Gasteiger partial charge in [0.1, 0.15) is 0 Å². The van der Waals surface area contributed by atoms with E-state index in [0.717, 1.165) is 0 Å². The van der Waals surface area contributed by atoms with Crippen LogP contribution in [0.2, 0.25) is 0 Å². The molecule has 256 valence electrons. The highest BCUT2D eigenvalue weighted by molar-refractivity contribution is 6.31. The van der Waals surface area contributed by atoms with Gasteiger partial charge in [-0.1, -0.05) is 182 Å². The van der Waals surface area contributed by atoms with Crippen molar-refractivity contribution in [1.29, 1.82) is 0 Å². The minimum Gasteiger partial charge on any atom is -0.0616 e. The van der Waals surface area contributed by atoms with E-state index in [9.17, 15) is 0 Å². The van der Waals surface area contributed by atoms with Crippen LogP contribution in [0.4, 0.5) is 0 Å². The Kier molecular flexibility index (Phi) is 5.98. The molecule has 0 heteroatoms. The van der Waals surface area contributed by atoms with Crippen molar-refractivity contribution >= 4 is 75.4 Å². The Morgan fingerprint density at radius 2 is 0.643 bits per heavy atom. The summed E-state index contributed by atoms with van der Waals surface area (Å²) in [6, 6.07) is 73.0. The molecule has 0 unspecified atom stereocenters. The van der Waals surface area contributed by atoms with Crippen LogP contribution in [0.5, 0.6) is 0 Å². The van der Waals surface area contributed by atoms with Crippen LogP contribution in [-0.4, -0.2) is 0 Å². The molecule has 0 N–H and O–H groups in total. The molecule has 0 aliphatic heterocycles. The van der Waals surface area contributed by atoms with Gasteiger partial charge in [0, 0.05) is 0 Å². The van der Waals surface area contributed by atoms with E-state index in [0.29, 0.717) is 0 Å². The van der Waals surface area contributed by atoms with Crippen molar-refractivity contribution in [1.82, 2.24) is 0 Å². The van der Waals surface area contributed by atoms with E-state index in [4.69, 9.17) is 0 Å². The van der Waals surface area contributed by atoms with E-state index < -0.39 is 0 Å². The molecule has 13 rings (SSSR count). The van der Waals surface area contributed by atoms with Crippen LogP contribution in [0.1, 0.15) is 0 Å². The van der Waals surface area contributed by atoms with E-state index >= 15 is 0 Å². The molecular weight excluding hydrogens is 673 g/mol. The molecule has 0 bridgehead atoms. The smallest absolute Gasteiger partial charge is 0.00199 e. The van der Waals surface area contributed by atoms with Crippen LogP contribution >= 0.6 is 0 Å². The van der Waals surface area contributed by atoms with Crippen LogP contribution in [0.25, 0.3) is 131 Å². The maximum Gasteiger partial charge on any atom is -0.00199 e. The largest absolute Gasteiger partial charge is 0.0616 e. The predicted molar refractivity (Wildman–Crippen MR) is 241 cm³/mol. The summed E-state index contributed by atoms with van der Waals surface area (Å²) >= 11 is 0. The van der Waals surface area contributed by atoms with Gasteiger partial charge in [0.05, 0.1) is 0 Å². The molecule has 1 aliphatic rings. The Morgan fingerprint density at radius 1 is 0.196 bits per heavy atom. The standard InChI is InChI=1S/C56H32/c1-2-10-37-31-38(22-19-33(37)9-1)39-25-28-50-51(32-39)56(48-27-24-36-21-20-34-11-7-12-35-23-26-47(48)53(36)52(34)35)44-16-6-5-15-43(44)55(50)49-30-29-46-41-14-4-3-13-40(41)42-17-8-18-45(49)54(42)46/h1-32H. The fourth-order valence-electron chi connectivity index (χ4n) is 10.3. The topological polar surface area (TPSA) is 0 Å². The van der Waals surface area contributed by atoms with Crippen LogP contribution in [0.15, 0.2) is 194 Å². The molecule has 0 aromatic heterocycles. The molecule has 12 aromatic carbocycles. The summed E-state index contributed by atoms with van der Waals surface area (Å²) in [5.74, 6) is 0. The van der Waals surface area contributed by atoms with Gasteiger partial charge in [-0.25, -0.2) is 0 Å². The van der Waals surface area contributed by atoms with Gasteiger partial charge in [-0.3, -0.25) is 0 Å². The lowest BCUT2D eigenvalue weighted by Gasteiger charge is -2.21. The SMILES string of the molecule is c1ccc2c(c1)-c1cccc3c(-c4c5ccccc5c(-c5ccc6ccc7cccc8ccc5c6c78)c5cc(-c6ccc7ccccc7c6)ccc45)ccc-2c13. The molecule has 0 spiro atoms. The molecule has 0 saturated carbocycles. The van der Waals surface area contributed by atoms with Crippen LogP contribution in [-0.2, 0) is 0 Å². The molecule has 0 heterocycles. The normalized spacial score (nSPS) is 12.3. The summed E-state index contributed by atoms with van der Waals surface area (Å²) < 4.78 is 0. The van der Waals surface area contributed by atoms with Crippen LogP contribution in [0.3, 0.4) is 0 Å². The monoisotopic (exact) mass is 704 g/mol. The Bertz CT molecular complexity index is 3590. The van der Waals surface area contributed by atoms with E-state index in [1.807, 2.05) is 0 Å². The molecular formula is C56H32. The van der Waals surface area contributed by atoms with Gasteiger partial charge in [-0.05, 0) is 143 Å². The van der Waals surface area contributed by atoms with E-state index in [2.05, 4.69) is 194 Å². The number of hydrogen-bond acceptors (Lipinski definition) is 0. The summed E-state index contributed by atoms with van der Waals surface area (Å²) in [6.45, 7) is 0. The number of fused-ring (bicyclic) bond motifs is 6. The highest BCUT2D eigenvalue weighted by atomic mass is 14.3. The van der Waals surface area contributed by atoms with Crippen LogP contribution in [0, 0.1) is 0 Å². The van der Waals surface area contributed by atoms with Crippen molar-refractivity contribution < 1.29 is 0 Å². The second-order valence-corrected chi connectivity index (χ2v) is 15.5. The molecule has 0 radical (unpaired) electrons. The molecule has 0 nitrogen and oxygen atoms in total. The van der Waals surface area contributed by atoms with Crippen molar-refractivity contribution in [2.75, 3.05) is 0 Å². The first-order valence-corrected chi connectivity index (χ1v) is 19.6. The van der Waals surface area contributed by atoms with Gasteiger partial charge < -0.3 is 0 Å². The van der Waals surface area contributed by atoms with E-state index in [-0.39, 0.29) is 0 Å². The third kappa shape index (κ3) is 4.03. The second kappa shape index (κ2) is 11.1. The molecule has 0 fully saturated rings. The van der Waals surface area contributed by atoms with Crippen molar-refractivity contribution in [3.8, 4) is 55.6 Å². The first-order chi connectivity index (χ1) is 27.8. The molecule has 0 amide bonds. The lowest BCUT2D eigenvalue weighted by Crippen LogP contribution is -1.94. The first kappa shape index (κ1) is 30.1. The quantitative estimate of drug-likeness (QED) is 0.127. The van der Waals surface area contributed by atoms with Crippen molar-refractivity contribution in [2.45, 2.75) is 0 Å². The Labute approximate surface area is 323 Å². The maximum absolute atomic E-state index is 2.47. The summed E-state index contributed by atoms with van der Waals surface area (Å²) in [6.07, 6.45) is 0. The highest BCUT2D eigenvalue weighted by Gasteiger charge is 2.25. The lowest BCUT2D eigenvalue weighted by atomic mass is 9.81. The third-order valence-corrected chi connectivity index (χ3v) is 12.7. The van der Waals surface area contributed by atoms with Gasteiger partial charge in [0.15, 0.2) is 0 Å². The van der Waals surface area contributed by atoms with Crippen LogP contribution < -0.4 is 0 Å². The number of rotatable bonds is 3. The zero-order valence-electron chi connectivity index (χ0n) is 30.5. The fraction of sp³-hybridized carbons (Fsp3) is 0. The lowest BCUT2D eigenvalue weighted by molar-refractivity contribution is 1.66.